The number of thioether (sulfide) groups is 1. The maximum Gasteiger partial charge on any atom is 0.311 e. The third-order valence-corrected chi connectivity index (χ3v) is 7.54. The number of hydrogen-bond donors (Lipinski definition) is 1. The number of nitro benzene ring substituents is 1. The summed E-state index contributed by atoms with van der Waals surface area (Å²) in [5.74, 6) is -0.996. The number of halogens is 1. The molecular formula is C28H20ClN5O5S2. The van der Waals surface area contributed by atoms with Gasteiger partial charge in [0.1, 0.15) is 5.69 Å². The number of thiocarbonyl (C=S) groups is 1. The van der Waals surface area contributed by atoms with Gasteiger partial charge in [0.15, 0.2) is 10.1 Å². The molecule has 5 rings (SSSR count). The molecule has 13 heteroatoms. The number of carbonyl (C=O) groups excluding carboxylic acids is 2. The first kappa shape index (κ1) is 28.0. The number of nitrogens with one attached hydrogen (secondary N) is 1. The third kappa shape index (κ3) is 5.85. The van der Waals surface area contributed by atoms with Crippen LogP contribution >= 0.6 is 35.6 Å². The Labute approximate surface area is 248 Å². The summed E-state index contributed by atoms with van der Waals surface area (Å²) in [7, 11) is 0. The van der Waals surface area contributed by atoms with Gasteiger partial charge in [0.2, 0.25) is 0 Å². The summed E-state index contributed by atoms with van der Waals surface area (Å²) in [5.41, 5.74) is 4.59. The zero-order valence-corrected chi connectivity index (χ0v) is 23.7. The van der Waals surface area contributed by atoms with Crippen LogP contribution in [0.15, 0.2) is 83.9 Å². The van der Waals surface area contributed by atoms with E-state index in [0.717, 1.165) is 22.5 Å². The molecule has 1 fully saturated rings. The summed E-state index contributed by atoms with van der Waals surface area (Å²) >= 11 is 12.5. The fourth-order valence-electron chi connectivity index (χ4n) is 4.03. The van der Waals surface area contributed by atoms with Crippen molar-refractivity contribution in [3.8, 4) is 22.7 Å². The van der Waals surface area contributed by atoms with Crippen LogP contribution in [0.5, 0.6) is 5.75 Å². The summed E-state index contributed by atoms with van der Waals surface area (Å²) in [5, 5.41) is 17.7. The highest BCUT2D eigenvalue weighted by atomic mass is 35.5. The molecule has 2 amide bonds. The summed E-state index contributed by atoms with van der Waals surface area (Å²) in [4.78, 5) is 37.6. The van der Waals surface area contributed by atoms with E-state index in [0.29, 0.717) is 16.8 Å². The third-order valence-electron chi connectivity index (χ3n) is 5.90. The lowest BCUT2D eigenvalue weighted by Gasteiger charge is -2.16. The van der Waals surface area contributed by atoms with E-state index in [-0.39, 0.29) is 37.9 Å². The first-order valence-electron chi connectivity index (χ1n) is 12.2. The number of nitro groups is 1. The number of amides is 2. The highest BCUT2D eigenvalue weighted by molar-refractivity contribution is 8.26. The van der Waals surface area contributed by atoms with Gasteiger partial charge in [-0.2, -0.15) is 10.1 Å². The first-order chi connectivity index (χ1) is 19.8. The van der Waals surface area contributed by atoms with Gasteiger partial charge in [-0.15, -0.1) is 0 Å². The van der Waals surface area contributed by atoms with Crippen molar-refractivity contribution in [1.29, 1.82) is 0 Å². The topological polar surface area (TPSA) is 120 Å². The van der Waals surface area contributed by atoms with Gasteiger partial charge in [-0.05, 0) is 61.6 Å². The maximum atomic E-state index is 13.3. The van der Waals surface area contributed by atoms with E-state index < -0.39 is 16.7 Å². The highest BCUT2D eigenvalue weighted by Crippen LogP contribution is 2.37. The van der Waals surface area contributed by atoms with E-state index in [9.17, 15) is 19.7 Å². The van der Waals surface area contributed by atoms with Gasteiger partial charge in [-0.3, -0.25) is 25.1 Å². The zero-order chi connectivity index (χ0) is 29.1. The second kappa shape index (κ2) is 11.9. The quantitative estimate of drug-likeness (QED) is 0.112. The van der Waals surface area contributed by atoms with Crippen molar-refractivity contribution in [2.45, 2.75) is 6.92 Å². The minimum atomic E-state index is -0.590. The molecule has 0 unspecified atom stereocenters. The summed E-state index contributed by atoms with van der Waals surface area (Å²) in [6.45, 7) is 2.01. The molecule has 1 N–H and O–H groups in total. The number of aromatic nitrogens is 2. The van der Waals surface area contributed by atoms with Crippen LogP contribution in [-0.4, -0.2) is 42.5 Å². The fraction of sp³-hybridized carbons (Fsp3) is 0.0714. The van der Waals surface area contributed by atoms with E-state index >= 15 is 0 Å². The molecule has 10 nitrogen and oxygen atoms in total. The van der Waals surface area contributed by atoms with Crippen molar-refractivity contribution >= 4 is 63.5 Å². The van der Waals surface area contributed by atoms with Gasteiger partial charge < -0.3 is 4.74 Å². The lowest BCUT2D eigenvalue weighted by Crippen LogP contribution is -2.44. The van der Waals surface area contributed by atoms with Gasteiger partial charge in [0.25, 0.3) is 11.8 Å². The van der Waals surface area contributed by atoms with Crippen LogP contribution in [0.2, 0.25) is 5.02 Å². The average molecular weight is 606 g/mol. The number of benzene rings is 3. The molecule has 1 aliphatic heterocycles. The lowest BCUT2D eigenvalue weighted by atomic mass is 10.1. The molecule has 41 heavy (non-hydrogen) atoms. The van der Waals surface area contributed by atoms with Crippen molar-refractivity contribution < 1.29 is 19.2 Å². The molecule has 2 heterocycles. The lowest BCUT2D eigenvalue weighted by molar-refractivity contribution is -0.385. The second-order valence-electron chi connectivity index (χ2n) is 8.52. The van der Waals surface area contributed by atoms with E-state index in [4.69, 9.17) is 28.6 Å². The molecular weight excluding hydrogens is 586 g/mol. The average Bonchev–Trinajstić information content (AvgIpc) is 3.50. The molecule has 1 aromatic heterocycles. The Morgan fingerprint density at radius 1 is 1.17 bits per heavy atom. The van der Waals surface area contributed by atoms with Gasteiger partial charge in [-0.25, -0.2) is 4.68 Å². The standard InChI is InChI=1S/C28H20ClN5O5S2/c1-2-39-23-13-12-17(14-22(23)34(37)38)25-18(16-32(30-25)19-8-4-3-5-9-19)15-24-27(36)33(28(40)41-24)31-26(35)20-10-6-7-11-21(20)29/h3-16H,2H2,1H3,(H,31,35)/b24-15+. The Morgan fingerprint density at radius 2 is 1.90 bits per heavy atom. The van der Waals surface area contributed by atoms with Crippen molar-refractivity contribution in [3.05, 3.63) is 110 Å². The SMILES string of the molecule is CCOc1ccc(-c2nn(-c3ccccc3)cc2/C=C2/SC(=S)N(NC(=O)c3ccccc3Cl)C2=O)cc1[N+](=O)[O-]. The molecule has 0 atom stereocenters. The van der Waals surface area contributed by atoms with Crippen molar-refractivity contribution in [2.24, 2.45) is 0 Å². The van der Waals surface area contributed by atoms with E-state index in [2.05, 4.69) is 10.5 Å². The summed E-state index contributed by atoms with van der Waals surface area (Å²) < 4.78 is 7.16. The normalized spacial score (nSPS) is 14.0. The smallest absolute Gasteiger partial charge is 0.311 e. The fourth-order valence-corrected chi connectivity index (χ4v) is 5.42. The van der Waals surface area contributed by atoms with Crippen LogP contribution in [0.4, 0.5) is 5.69 Å². The molecule has 1 aliphatic rings. The van der Waals surface area contributed by atoms with Gasteiger partial charge in [-0.1, -0.05) is 53.7 Å². The Morgan fingerprint density at radius 3 is 2.61 bits per heavy atom. The van der Waals surface area contributed by atoms with Gasteiger partial charge in [0.05, 0.1) is 32.7 Å². The maximum absolute atomic E-state index is 13.3. The predicted molar refractivity (Wildman–Crippen MR) is 161 cm³/mol. The largest absolute Gasteiger partial charge is 0.487 e. The van der Waals surface area contributed by atoms with Crippen molar-refractivity contribution in [1.82, 2.24) is 20.2 Å². The molecule has 0 spiro atoms. The summed E-state index contributed by atoms with van der Waals surface area (Å²) in [6, 6.07) is 20.3. The second-order valence-corrected chi connectivity index (χ2v) is 10.6. The monoisotopic (exact) mass is 605 g/mol. The van der Waals surface area contributed by atoms with Gasteiger partial charge >= 0.3 is 5.69 Å². The molecule has 0 radical (unpaired) electrons. The van der Waals surface area contributed by atoms with Crippen LogP contribution < -0.4 is 10.2 Å². The van der Waals surface area contributed by atoms with Crippen LogP contribution in [0.25, 0.3) is 23.0 Å². The number of rotatable bonds is 8. The highest BCUT2D eigenvalue weighted by Gasteiger charge is 2.34. The number of para-hydroxylation sites is 1. The van der Waals surface area contributed by atoms with E-state index in [1.807, 2.05) is 30.3 Å². The number of ether oxygens (including phenoxy) is 1. The molecule has 3 aromatic carbocycles. The Balaban J connectivity index is 1.53. The van der Waals surface area contributed by atoms with Crippen molar-refractivity contribution in [2.75, 3.05) is 6.61 Å². The molecule has 206 valence electrons. The zero-order valence-electron chi connectivity index (χ0n) is 21.3. The van der Waals surface area contributed by atoms with E-state index in [1.54, 1.807) is 48.1 Å². The first-order valence-corrected chi connectivity index (χ1v) is 13.8. The number of carbonyl (C=O) groups is 2. The molecule has 4 aromatic rings. The van der Waals surface area contributed by atoms with E-state index in [1.165, 1.54) is 18.2 Å². The molecule has 1 saturated heterocycles. The minimum Gasteiger partial charge on any atom is -0.487 e. The Hall–Kier alpha value is -4.52. The Kier molecular flexibility index (Phi) is 8.15. The number of hydrogen-bond acceptors (Lipinski definition) is 8. The van der Waals surface area contributed by atoms with Crippen molar-refractivity contribution in [3.63, 3.8) is 0 Å². The molecule has 0 saturated carbocycles. The molecule has 0 bridgehead atoms. The van der Waals surface area contributed by atoms with Crippen LogP contribution in [0.3, 0.4) is 0 Å². The minimum absolute atomic E-state index is 0.121. The summed E-state index contributed by atoms with van der Waals surface area (Å²) in [6.07, 6.45) is 3.30. The van der Waals surface area contributed by atoms with Crippen LogP contribution in [0, 0.1) is 10.1 Å². The Bertz CT molecular complexity index is 1720. The number of hydrazine groups is 1. The van der Waals surface area contributed by atoms with Crippen LogP contribution in [0.1, 0.15) is 22.8 Å². The van der Waals surface area contributed by atoms with Crippen LogP contribution in [-0.2, 0) is 4.79 Å². The van der Waals surface area contributed by atoms with Gasteiger partial charge in [0, 0.05) is 23.4 Å². The molecule has 0 aliphatic carbocycles. The predicted octanol–water partition coefficient (Wildman–Crippen LogP) is 6.05. The number of nitrogens with zero attached hydrogens (tertiary/aromatic N) is 4.